The fourth-order valence-electron chi connectivity index (χ4n) is 1.50. The van der Waals surface area contributed by atoms with Gasteiger partial charge < -0.3 is 15.5 Å². The van der Waals surface area contributed by atoms with Gasteiger partial charge in [-0.05, 0) is 39.9 Å². The van der Waals surface area contributed by atoms with E-state index < -0.39 is 0 Å². The molecule has 3 nitrogen and oxygen atoms in total. The minimum absolute atomic E-state index is 0.409. The Hall–Kier alpha value is -0.120. The zero-order valence-electron chi connectivity index (χ0n) is 9.16. The molecule has 78 valence electrons. The molecule has 1 aliphatic rings. The van der Waals surface area contributed by atoms with Gasteiger partial charge in [-0.3, -0.25) is 0 Å². The Bertz CT molecular complexity index is 143. The SMILES string of the molecule is CN(C)CCN(C)CC(N)C1CC1. The number of nitrogens with two attached hydrogens (primary N) is 1. The van der Waals surface area contributed by atoms with Crippen molar-refractivity contribution >= 4 is 0 Å². The van der Waals surface area contributed by atoms with E-state index in [-0.39, 0.29) is 0 Å². The van der Waals surface area contributed by atoms with Crippen molar-refractivity contribution < 1.29 is 0 Å². The summed E-state index contributed by atoms with van der Waals surface area (Å²) in [5.41, 5.74) is 6.03. The molecule has 1 aliphatic carbocycles. The van der Waals surface area contributed by atoms with Gasteiger partial charge in [0.05, 0.1) is 0 Å². The maximum Gasteiger partial charge on any atom is 0.0196 e. The minimum Gasteiger partial charge on any atom is -0.326 e. The van der Waals surface area contributed by atoms with Crippen LogP contribution in [0.3, 0.4) is 0 Å². The van der Waals surface area contributed by atoms with Crippen molar-refractivity contribution in [1.82, 2.24) is 9.80 Å². The summed E-state index contributed by atoms with van der Waals surface area (Å²) in [4.78, 5) is 4.54. The molecule has 0 radical (unpaired) electrons. The molecule has 0 bridgehead atoms. The van der Waals surface area contributed by atoms with Crippen LogP contribution < -0.4 is 5.73 Å². The fraction of sp³-hybridized carbons (Fsp3) is 1.00. The average Bonchev–Trinajstić information content (AvgIpc) is 2.82. The Morgan fingerprint density at radius 1 is 1.23 bits per heavy atom. The van der Waals surface area contributed by atoms with Gasteiger partial charge >= 0.3 is 0 Å². The molecule has 1 unspecified atom stereocenters. The lowest BCUT2D eigenvalue weighted by Crippen LogP contribution is -2.39. The summed E-state index contributed by atoms with van der Waals surface area (Å²) >= 11 is 0. The summed E-state index contributed by atoms with van der Waals surface area (Å²) in [6, 6.07) is 0.409. The first-order valence-corrected chi connectivity index (χ1v) is 5.18. The molecule has 13 heavy (non-hydrogen) atoms. The van der Waals surface area contributed by atoms with Crippen molar-refractivity contribution in [3.63, 3.8) is 0 Å². The van der Waals surface area contributed by atoms with Crippen LogP contribution in [0.25, 0.3) is 0 Å². The van der Waals surface area contributed by atoms with Gasteiger partial charge in [-0.2, -0.15) is 0 Å². The maximum absolute atomic E-state index is 6.03. The lowest BCUT2D eigenvalue weighted by Gasteiger charge is -2.22. The number of hydrogen-bond acceptors (Lipinski definition) is 3. The predicted octanol–water partition coefficient (Wildman–Crippen LogP) is 0.217. The third-order valence-corrected chi connectivity index (χ3v) is 2.68. The quantitative estimate of drug-likeness (QED) is 0.642. The number of rotatable bonds is 6. The lowest BCUT2D eigenvalue weighted by atomic mass is 10.2. The van der Waals surface area contributed by atoms with Crippen molar-refractivity contribution in [2.75, 3.05) is 40.8 Å². The summed E-state index contributed by atoms with van der Waals surface area (Å²) in [7, 11) is 6.37. The van der Waals surface area contributed by atoms with Crippen molar-refractivity contribution in [3.05, 3.63) is 0 Å². The molecule has 1 rings (SSSR count). The summed E-state index contributed by atoms with van der Waals surface area (Å²) in [6.07, 6.45) is 2.70. The van der Waals surface area contributed by atoms with Gasteiger partial charge in [-0.1, -0.05) is 0 Å². The predicted molar refractivity (Wildman–Crippen MR) is 56.8 cm³/mol. The van der Waals surface area contributed by atoms with Crippen molar-refractivity contribution in [1.29, 1.82) is 0 Å². The van der Waals surface area contributed by atoms with Crippen LogP contribution >= 0.6 is 0 Å². The van der Waals surface area contributed by atoms with Crippen LogP contribution in [0.15, 0.2) is 0 Å². The van der Waals surface area contributed by atoms with E-state index in [4.69, 9.17) is 5.73 Å². The lowest BCUT2D eigenvalue weighted by molar-refractivity contribution is 0.262. The van der Waals surface area contributed by atoms with Gasteiger partial charge in [0.1, 0.15) is 0 Å². The van der Waals surface area contributed by atoms with Crippen molar-refractivity contribution in [3.8, 4) is 0 Å². The Balaban J connectivity index is 2.05. The van der Waals surface area contributed by atoms with Crippen LogP contribution in [0, 0.1) is 5.92 Å². The molecule has 1 atom stereocenters. The second-order valence-corrected chi connectivity index (χ2v) is 4.57. The van der Waals surface area contributed by atoms with Crippen LogP contribution in [0.4, 0.5) is 0 Å². The molecule has 0 spiro atoms. The van der Waals surface area contributed by atoms with E-state index in [2.05, 4.69) is 30.9 Å². The van der Waals surface area contributed by atoms with Gasteiger partial charge in [0, 0.05) is 25.7 Å². The standard InChI is InChI=1S/C10H23N3/c1-12(2)6-7-13(3)8-10(11)9-4-5-9/h9-10H,4-8,11H2,1-3H3. The highest BCUT2D eigenvalue weighted by molar-refractivity contribution is 4.85. The van der Waals surface area contributed by atoms with E-state index in [0.717, 1.165) is 25.6 Å². The summed E-state index contributed by atoms with van der Waals surface area (Å²) < 4.78 is 0. The molecule has 0 aliphatic heterocycles. The normalized spacial score (nSPS) is 19.8. The van der Waals surface area contributed by atoms with E-state index in [9.17, 15) is 0 Å². The zero-order valence-corrected chi connectivity index (χ0v) is 9.16. The zero-order chi connectivity index (χ0) is 9.84. The van der Waals surface area contributed by atoms with Gasteiger partial charge in [-0.15, -0.1) is 0 Å². The minimum atomic E-state index is 0.409. The van der Waals surface area contributed by atoms with Gasteiger partial charge in [0.15, 0.2) is 0 Å². The fourth-order valence-corrected chi connectivity index (χ4v) is 1.50. The van der Waals surface area contributed by atoms with Gasteiger partial charge in [0.25, 0.3) is 0 Å². The maximum atomic E-state index is 6.03. The van der Waals surface area contributed by atoms with Crippen molar-refractivity contribution in [2.45, 2.75) is 18.9 Å². The first-order chi connectivity index (χ1) is 6.09. The Morgan fingerprint density at radius 2 is 1.85 bits per heavy atom. The van der Waals surface area contributed by atoms with Crippen molar-refractivity contribution in [2.24, 2.45) is 11.7 Å². The van der Waals surface area contributed by atoms with E-state index in [1.165, 1.54) is 12.8 Å². The molecule has 0 aromatic rings. The third-order valence-electron chi connectivity index (χ3n) is 2.68. The molecule has 0 aromatic heterocycles. The molecule has 0 heterocycles. The van der Waals surface area contributed by atoms with Gasteiger partial charge in [-0.25, -0.2) is 0 Å². The monoisotopic (exact) mass is 185 g/mol. The van der Waals surface area contributed by atoms with E-state index >= 15 is 0 Å². The summed E-state index contributed by atoms with van der Waals surface area (Å²) in [5, 5.41) is 0. The van der Waals surface area contributed by atoms with Crippen LogP contribution in [-0.4, -0.2) is 56.6 Å². The second kappa shape index (κ2) is 4.94. The van der Waals surface area contributed by atoms with Crippen LogP contribution in [0.1, 0.15) is 12.8 Å². The molecule has 2 N–H and O–H groups in total. The smallest absolute Gasteiger partial charge is 0.0196 e. The molecule has 0 saturated heterocycles. The van der Waals surface area contributed by atoms with Crippen LogP contribution in [0.2, 0.25) is 0 Å². The number of likely N-dealkylation sites (N-methyl/N-ethyl adjacent to an activating group) is 2. The molecule has 3 heteroatoms. The van der Waals surface area contributed by atoms with E-state index in [0.29, 0.717) is 6.04 Å². The number of nitrogens with zero attached hydrogens (tertiary/aromatic N) is 2. The molecular weight excluding hydrogens is 162 g/mol. The van der Waals surface area contributed by atoms with Crippen LogP contribution in [-0.2, 0) is 0 Å². The largest absolute Gasteiger partial charge is 0.326 e. The molecular formula is C10H23N3. The second-order valence-electron chi connectivity index (χ2n) is 4.57. The van der Waals surface area contributed by atoms with E-state index in [1.54, 1.807) is 0 Å². The van der Waals surface area contributed by atoms with Crippen LogP contribution in [0.5, 0.6) is 0 Å². The Kier molecular flexibility index (Phi) is 4.16. The molecule has 1 fully saturated rings. The molecule has 1 saturated carbocycles. The number of hydrogen-bond donors (Lipinski definition) is 1. The summed E-state index contributed by atoms with van der Waals surface area (Å²) in [6.45, 7) is 3.29. The average molecular weight is 185 g/mol. The topological polar surface area (TPSA) is 32.5 Å². The third kappa shape index (κ3) is 4.60. The van der Waals surface area contributed by atoms with Gasteiger partial charge in [0.2, 0.25) is 0 Å². The Labute approximate surface area is 81.9 Å². The Morgan fingerprint density at radius 3 is 2.31 bits per heavy atom. The highest BCUT2D eigenvalue weighted by Gasteiger charge is 2.28. The first-order valence-electron chi connectivity index (χ1n) is 5.18. The first kappa shape index (κ1) is 11.0. The molecule has 0 amide bonds. The summed E-state index contributed by atoms with van der Waals surface area (Å²) in [5.74, 6) is 0.821. The highest BCUT2D eigenvalue weighted by Crippen LogP contribution is 2.31. The van der Waals surface area contributed by atoms with E-state index in [1.807, 2.05) is 0 Å². The highest BCUT2D eigenvalue weighted by atomic mass is 15.2. The molecule has 0 aromatic carbocycles.